The summed E-state index contributed by atoms with van der Waals surface area (Å²) in [5.41, 5.74) is 3.65. The maximum absolute atomic E-state index is 13.0. The predicted molar refractivity (Wildman–Crippen MR) is 117 cm³/mol. The zero-order valence-electron chi connectivity index (χ0n) is 16.2. The number of amides is 2. The van der Waals surface area contributed by atoms with Crippen molar-refractivity contribution in [3.63, 3.8) is 0 Å². The summed E-state index contributed by atoms with van der Waals surface area (Å²) < 4.78 is 0. The molecule has 0 radical (unpaired) electrons. The van der Waals surface area contributed by atoms with Crippen molar-refractivity contribution in [3.8, 4) is 0 Å². The van der Waals surface area contributed by atoms with Gasteiger partial charge in [0.25, 0.3) is 11.8 Å². The monoisotopic (exact) mass is 393 g/mol. The maximum atomic E-state index is 13.0. The minimum absolute atomic E-state index is 0.0600. The van der Waals surface area contributed by atoms with Crippen LogP contribution in [0.25, 0.3) is 6.08 Å². The molecule has 0 atom stereocenters. The summed E-state index contributed by atoms with van der Waals surface area (Å²) in [4.78, 5) is 29.0. The van der Waals surface area contributed by atoms with Gasteiger partial charge >= 0.3 is 0 Å². The van der Waals surface area contributed by atoms with Crippen LogP contribution in [0.1, 0.15) is 25.0 Å². The molecule has 144 valence electrons. The molecule has 0 unspecified atom stereocenters. The van der Waals surface area contributed by atoms with Gasteiger partial charge in [0.2, 0.25) is 0 Å². The molecule has 1 N–H and O–H groups in total. The van der Waals surface area contributed by atoms with Gasteiger partial charge in [-0.2, -0.15) is 0 Å². The molecule has 0 aliphatic carbocycles. The molecule has 1 aliphatic heterocycles. The van der Waals surface area contributed by atoms with Gasteiger partial charge in [0.15, 0.2) is 5.11 Å². The van der Waals surface area contributed by atoms with Gasteiger partial charge in [0.1, 0.15) is 5.57 Å². The number of rotatable bonds is 5. The molecule has 2 aromatic carbocycles. The fraction of sp³-hybridized carbons (Fsp3) is 0.227. The number of carbonyl (C=O) groups excluding carboxylic acids is 2. The highest BCUT2D eigenvalue weighted by molar-refractivity contribution is 7.80. The number of aryl methyl sites for hydroxylation is 1. The van der Waals surface area contributed by atoms with Crippen LogP contribution in [0, 0.1) is 6.92 Å². The zero-order chi connectivity index (χ0) is 20.3. The quantitative estimate of drug-likeness (QED) is 0.478. The number of thiocarbonyl (C=S) groups is 1. The zero-order valence-corrected chi connectivity index (χ0v) is 17.0. The van der Waals surface area contributed by atoms with Crippen molar-refractivity contribution >= 4 is 46.6 Å². The van der Waals surface area contributed by atoms with E-state index in [-0.39, 0.29) is 10.7 Å². The highest BCUT2D eigenvalue weighted by Crippen LogP contribution is 2.23. The number of hydrogen-bond donors (Lipinski definition) is 1. The molecule has 6 heteroatoms. The lowest BCUT2D eigenvalue weighted by Crippen LogP contribution is -2.54. The van der Waals surface area contributed by atoms with E-state index in [1.807, 2.05) is 55.5 Å². The first kappa shape index (κ1) is 19.8. The molecule has 0 saturated carbocycles. The Morgan fingerprint density at radius 3 is 2.18 bits per heavy atom. The summed E-state index contributed by atoms with van der Waals surface area (Å²) in [7, 11) is 0. The van der Waals surface area contributed by atoms with Gasteiger partial charge in [-0.3, -0.25) is 19.8 Å². The van der Waals surface area contributed by atoms with Crippen molar-refractivity contribution in [1.82, 2.24) is 5.32 Å². The second kappa shape index (κ2) is 8.35. The Morgan fingerprint density at radius 1 is 1.00 bits per heavy atom. The fourth-order valence-corrected chi connectivity index (χ4v) is 3.40. The molecule has 1 aliphatic rings. The van der Waals surface area contributed by atoms with Gasteiger partial charge in [-0.25, -0.2) is 0 Å². The molecule has 2 aromatic rings. The molecule has 1 fully saturated rings. The highest BCUT2D eigenvalue weighted by atomic mass is 32.1. The molecule has 0 aromatic heterocycles. The summed E-state index contributed by atoms with van der Waals surface area (Å²) in [5.74, 6) is -0.906. The smallest absolute Gasteiger partial charge is 0.270 e. The van der Waals surface area contributed by atoms with Crippen LogP contribution in [0.3, 0.4) is 0 Å². The lowest BCUT2D eigenvalue weighted by molar-refractivity contribution is -0.122. The fourth-order valence-electron chi connectivity index (χ4n) is 3.12. The third kappa shape index (κ3) is 3.97. The van der Waals surface area contributed by atoms with Crippen molar-refractivity contribution in [2.45, 2.75) is 20.8 Å². The number of anilines is 2. The van der Waals surface area contributed by atoms with E-state index >= 15 is 0 Å². The van der Waals surface area contributed by atoms with Crippen LogP contribution < -0.4 is 15.1 Å². The van der Waals surface area contributed by atoms with Gasteiger partial charge in [-0.15, -0.1) is 0 Å². The Labute approximate surface area is 170 Å². The number of carbonyl (C=O) groups is 2. The minimum atomic E-state index is -0.480. The van der Waals surface area contributed by atoms with Crippen molar-refractivity contribution in [1.29, 1.82) is 0 Å². The lowest BCUT2D eigenvalue weighted by Gasteiger charge is -2.29. The van der Waals surface area contributed by atoms with E-state index in [1.54, 1.807) is 6.08 Å². The van der Waals surface area contributed by atoms with Crippen LogP contribution >= 0.6 is 12.2 Å². The molecular weight excluding hydrogens is 370 g/mol. The Balaban J connectivity index is 1.91. The standard InChI is InChI=1S/C22H23N3O2S/c1-4-24(5-2)17-12-8-16(9-13-17)14-19-20(26)23-22(28)25(21(19)27)18-10-6-15(3)7-11-18/h6-14H,4-5H2,1-3H3,(H,23,26,28)/b19-14+. The Hall–Kier alpha value is -2.99. The van der Waals surface area contributed by atoms with E-state index in [4.69, 9.17) is 12.2 Å². The van der Waals surface area contributed by atoms with Crippen molar-refractivity contribution < 1.29 is 9.59 Å². The van der Waals surface area contributed by atoms with Crippen LogP contribution in [0.4, 0.5) is 11.4 Å². The van der Waals surface area contributed by atoms with Crippen molar-refractivity contribution in [2.24, 2.45) is 0 Å². The molecule has 5 nitrogen and oxygen atoms in total. The van der Waals surface area contributed by atoms with E-state index in [2.05, 4.69) is 24.1 Å². The Bertz CT molecular complexity index is 929. The van der Waals surface area contributed by atoms with Gasteiger partial charge < -0.3 is 4.90 Å². The van der Waals surface area contributed by atoms with Gasteiger partial charge in [0.05, 0.1) is 5.69 Å². The number of nitrogens with zero attached hydrogens (tertiary/aromatic N) is 2. The van der Waals surface area contributed by atoms with E-state index in [9.17, 15) is 9.59 Å². The molecule has 2 amide bonds. The van der Waals surface area contributed by atoms with E-state index < -0.39 is 11.8 Å². The van der Waals surface area contributed by atoms with Crippen molar-refractivity contribution in [2.75, 3.05) is 22.9 Å². The SMILES string of the molecule is CCN(CC)c1ccc(/C=C2\C(=O)NC(=S)N(c3ccc(C)cc3)C2=O)cc1. The highest BCUT2D eigenvalue weighted by Gasteiger charge is 2.34. The van der Waals surface area contributed by atoms with Crippen molar-refractivity contribution in [3.05, 3.63) is 65.2 Å². The first-order valence-corrected chi connectivity index (χ1v) is 9.68. The Kier molecular flexibility index (Phi) is 5.90. The van der Waals surface area contributed by atoms with Crippen LogP contribution in [0.15, 0.2) is 54.1 Å². The first-order valence-electron chi connectivity index (χ1n) is 9.27. The van der Waals surface area contributed by atoms with Crippen LogP contribution in [-0.4, -0.2) is 30.0 Å². The third-order valence-corrected chi connectivity index (χ3v) is 5.01. The van der Waals surface area contributed by atoms with Crippen LogP contribution in [0.5, 0.6) is 0 Å². The summed E-state index contributed by atoms with van der Waals surface area (Å²) in [6, 6.07) is 15.2. The summed E-state index contributed by atoms with van der Waals surface area (Å²) in [6.45, 7) is 8.01. The lowest BCUT2D eigenvalue weighted by atomic mass is 10.1. The van der Waals surface area contributed by atoms with Crippen LogP contribution in [-0.2, 0) is 9.59 Å². The number of hydrogen-bond acceptors (Lipinski definition) is 4. The van der Waals surface area contributed by atoms with Crippen LogP contribution in [0.2, 0.25) is 0 Å². The summed E-state index contributed by atoms with van der Waals surface area (Å²) in [5, 5.41) is 2.70. The third-order valence-electron chi connectivity index (χ3n) is 4.73. The number of benzene rings is 2. The average Bonchev–Trinajstić information content (AvgIpc) is 2.68. The van der Waals surface area contributed by atoms with E-state index in [0.717, 1.165) is 29.9 Å². The second-order valence-corrected chi connectivity index (χ2v) is 6.94. The second-order valence-electron chi connectivity index (χ2n) is 6.56. The number of nitrogens with one attached hydrogen (secondary N) is 1. The molecule has 0 spiro atoms. The first-order chi connectivity index (χ1) is 13.4. The molecule has 3 rings (SSSR count). The predicted octanol–water partition coefficient (Wildman–Crippen LogP) is 3.67. The molecular formula is C22H23N3O2S. The summed E-state index contributed by atoms with van der Waals surface area (Å²) >= 11 is 5.23. The topological polar surface area (TPSA) is 52.7 Å². The largest absolute Gasteiger partial charge is 0.372 e. The molecule has 28 heavy (non-hydrogen) atoms. The minimum Gasteiger partial charge on any atom is -0.372 e. The van der Waals surface area contributed by atoms with Gasteiger partial charge in [-0.1, -0.05) is 29.8 Å². The van der Waals surface area contributed by atoms with E-state index in [1.165, 1.54) is 4.90 Å². The maximum Gasteiger partial charge on any atom is 0.270 e. The van der Waals surface area contributed by atoms with Gasteiger partial charge in [0, 0.05) is 18.8 Å². The Morgan fingerprint density at radius 2 is 1.61 bits per heavy atom. The molecule has 0 bridgehead atoms. The van der Waals surface area contributed by atoms with E-state index in [0.29, 0.717) is 5.69 Å². The van der Waals surface area contributed by atoms with Gasteiger partial charge in [-0.05, 0) is 68.9 Å². The summed E-state index contributed by atoms with van der Waals surface area (Å²) in [6.07, 6.45) is 1.60. The molecule has 1 heterocycles. The normalized spacial score (nSPS) is 15.8. The average molecular weight is 394 g/mol. The molecule has 1 saturated heterocycles.